The largest absolute Gasteiger partial charge is 0.455 e. The van der Waals surface area contributed by atoms with Crippen LogP contribution in [0.5, 0.6) is 0 Å². The molecule has 144 valence electrons. The van der Waals surface area contributed by atoms with E-state index in [9.17, 15) is 9.59 Å². The first-order valence-corrected chi connectivity index (χ1v) is 9.25. The fourth-order valence-electron chi connectivity index (χ4n) is 3.43. The molecule has 0 N–H and O–H groups in total. The van der Waals surface area contributed by atoms with Crippen molar-refractivity contribution in [1.29, 1.82) is 0 Å². The zero-order valence-corrected chi connectivity index (χ0v) is 16.7. The molecule has 0 aliphatic heterocycles. The van der Waals surface area contributed by atoms with Gasteiger partial charge in [-0.25, -0.2) is 9.59 Å². The Morgan fingerprint density at radius 2 is 1.30 bits per heavy atom. The van der Waals surface area contributed by atoms with Gasteiger partial charge in [0, 0.05) is 5.41 Å². The molecule has 4 nitrogen and oxygen atoms in total. The number of hydrogen-bond acceptors (Lipinski definition) is 4. The molecule has 0 saturated carbocycles. The maximum atomic E-state index is 12.8. The van der Waals surface area contributed by atoms with Crippen LogP contribution < -0.4 is 0 Å². The van der Waals surface area contributed by atoms with E-state index in [4.69, 9.17) is 9.47 Å². The number of carbonyl (C=O) groups is 2. The van der Waals surface area contributed by atoms with E-state index in [0.29, 0.717) is 17.5 Å². The molecule has 0 aromatic heterocycles. The third kappa shape index (κ3) is 4.57. The monoisotopic (exact) mass is 368 g/mol. The van der Waals surface area contributed by atoms with Crippen LogP contribution in [0.4, 0.5) is 0 Å². The molecular formula is C23H28O4. The van der Waals surface area contributed by atoms with Crippen LogP contribution in [0.2, 0.25) is 0 Å². The third-order valence-electron chi connectivity index (χ3n) is 5.03. The van der Waals surface area contributed by atoms with Gasteiger partial charge in [0.25, 0.3) is 0 Å². The summed E-state index contributed by atoms with van der Waals surface area (Å²) in [5, 5.41) is 0. The molecule has 0 bridgehead atoms. The van der Waals surface area contributed by atoms with Crippen molar-refractivity contribution in [3.63, 3.8) is 0 Å². The van der Waals surface area contributed by atoms with E-state index in [0.717, 1.165) is 0 Å². The van der Waals surface area contributed by atoms with Crippen molar-refractivity contribution in [2.24, 2.45) is 5.41 Å². The Labute approximate surface area is 161 Å². The molecule has 2 unspecified atom stereocenters. The fraction of sp³-hybridized carbons (Fsp3) is 0.391. The highest BCUT2D eigenvalue weighted by Gasteiger charge is 2.50. The topological polar surface area (TPSA) is 52.6 Å². The van der Waals surface area contributed by atoms with Crippen LogP contribution in [0.25, 0.3) is 0 Å². The van der Waals surface area contributed by atoms with Gasteiger partial charge in [-0.1, -0.05) is 64.1 Å². The molecule has 27 heavy (non-hydrogen) atoms. The van der Waals surface area contributed by atoms with Crippen LogP contribution in [-0.2, 0) is 9.47 Å². The first-order valence-electron chi connectivity index (χ1n) is 9.25. The van der Waals surface area contributed by atoms with Crippen molar-refractivity contribution < 1.29 is 19.1 Å². The summed E-state index contributed by atoms with van der Waals surface area (Å²) < 4.78 is 11.8. The lowest BCUT2D eigenvalue weighted by molar-refractivity contribution is -0.147. The predicted molar refractivity (Wildman–Crippen MR) is 106 cm³/mol. The number of carbonyl (C=O) groups excluding carboxylic acids is 2. The predicted octanol–water partition coefficient (Wildman–Crippen LogP) is 5.28. The highest BCUT2D eigenvalue weighted by molar-refractivity contribution is 5.90. The van der Waals surface area contributed by atoms with E-state index in [1.807, 2.05) is 39.8 Å². The van der Waals surface area contributed by atoms with Gasteiger partial charge in [0.2, 0.25) is 0 Å². The number of benzene rings is 2. The lowest BCUT2D eigenvalue weighted by atomic mass is 9.71. The second-order valence-electron chi connectivity index (χ2n) is 7.66. The van der Waals surface area contributed by atoms with Gasteiger partial charge in [0.05, 0.1) is 11.1 Å². The van der Waals surface area contributed by atoms with Gasteiger partial charge in [-0.3, -0.25) is 0 Å². The highest BCUT2D eigenvalue weighted by Crippen LogP contribution is 2.41. The summed E-state index contributed by atoms with van der Waals surface area (Å²) in [4.78, 5) is 25.3. The number of hydrogen-bond donors (Lipinski definition) is 0. The second-order valence-corrected chi connectivity index (χ2v) is 7.66. The van der Waals surface area contributed by atoms with Crippen LogP contribution in [0.15, 0.2) is 60.7 Å². The van der Waals surface area contributed by atoms with Crippen LogP contribution in [0.3, 0.4) is 0 Å². The van der Waals surface area contributed by atoms with Gasteiger partial charge >= 0.3 is 11.9 Å². The summed E-state index contributed by atoms with van der Waals surface area (Å²) in [6, 6.07) is 17.7. The van der Waals surface area contributed by atoms with Crippen molar-refractivity contribution >= 4 is 11.9 Å². The Bertz CT molecular complexity index is 762. The Kier molecular flexibility index (Phi) is 6.42. The van der Waals surface area contributed by atoms with E-state index in [1.165, 1.54) is 0 Å². The summed E-state index contributed by atoms with van der Waals surface area (Å²) in [7, 11) is 0. The fourth-order valence-corrected chi connectivity index (χ4v) is 3.43. The Balaban J connectivity index is 2.30. The first-order chi connectivity index (χ1) is 12.7. The normalized spacial score (nSPS) is 14.7. The molecule has 2 aromatic carbocycles. The minimum atomic E-state index is -0.968. The summed E-state index contributed by atoms with van der Waals surface area (Å²) in [6.07, 6.45) is -0.110. The Morgan fingerprint density at radius 1 is 0.852 bits per heavy atom. The average molecular weight is 368 g/mol. The quantitative estimate of drug-likeness (QED) is 0.651. The molecule has 4 heteroatoms. The van der Waals surface area contributed by atoms with Crippen molar-refractivity contribution in [3.8, 4) is 0 Å². The van der Waals surface area contributed by atoms with Crippen LogP contribution >= 0.6 is 0 Å². The van der Waals surface area contributed by atoms with E-state index >= 15 is 0 Å². The molecule has 2 rings (SSSR count). The standard InChI is InChI=1S/C23H28O4/c1-6-23(22(3,4)5,27-21(25)19-15-11-8-12-16-19)17(2)26-20(24)18-13-9-7-10-14-18/h7-17H,6H2,1-5H3. The maximum Gasteiger partial charge on any atom is 0.338 e. The summed E-state index contributed by atoms with van der Waals surface area (Å²) >= 11 is 0. The van der Waals surface area contributed by atoms with Crippen molar-refractivity contribution in [2.45, 2.75) is 52.7 Å². The molecule has 0 radical (unpaired) electrons. The van der Waals surface area contributed by atoms with Crippen molar-refractivity contribution in [1.82, 2.24) is 0 Å². The summed E-state index contributed by atoms with van der Waals surface area (Å²) in [5.41, 5.74) is -0.466. The Morgan fingerprint density at radius 3 is 1.70 bits per heavy atom. The van der Waals surface area contributed by atoms with E-state index in [1.54, 1.807) is 55.5 Å². The molecule has 0 amide bonds. The molecule has 0 fully saturated rings. The van der Waals surface area contributed by atoms with Gasteiger partial charge in [0.15, 0.2) is 5.60 Å². The van der Waals surface area contributed by atoms with Gasteiger partial charge < -0.3 is 9.47 Å². The molecule has 0 spiro atoms. The summed E-state index contributed by atoms with van der Waals surface area (Å²) in [6.45, 7) is 9.69. The SMILES string of the molecule is CCC(OC(=O)c1ccccc1)(C(C)OC(=O)c1ccccc1)C(C)(C)C. The molecular weight excluding hydrogens is 340 g/mol. The number of esters is 2. The average Bonchev–Trinajstić information content (AvgIpc) is 2.66. The molecule has 0 aliphatic rings. The van der Waals surface area contributed by atoms with Crippen molar-refractivity contribution in [2.75, 3.05) is 0 Å². The molecule has 0 saturated heterocycles. The van der Waals surface area contributed by atoms with Gasteiger partial charge in [0.1, 0.15) is 6.10 Å². The molecule has 2 atom stereocenters. The maximum absolute atomic E-state index is 12.8. The zero-order valence-electron chi connectivity index (χ0n) is 16.7. The highest BCUT2D eigenvalue weighted by atomic mass is 16.6. The van der Waals surface area contributed by atoms with Crippen LogP contribution in [-0.4, -0.2) is 23.6 Å². The second kappa shape index (κ2) is 8.38. The molecule has 0 aliphatic carbocycles. The van der Waals surface area contributed by atoms with E-state index in [2.05, 4.69) is 0 Å². The minimum absolute atomic E-state index is 0.421. The smallest absolute Gasteiger partial charge is 0.338 e. The van der Waals surface area contributed by atoms with Gasteiger partial charge in [-0.2, -0.15) is 0 Å². The lowest BCUT2D eigenvalue weighted by Gasteiger charge is -2.46. The van der Waals surface area contributed by atoms with Crippen LogP contribution in [0, 0.1) is 5.41 Å². The Hall–Kier alpha value is -2.62. The van der Waals surface area contributed by atoms with Gasteiger partial charge in [-0.15, -0.1) is 0 Å². The first kappa shape index (κ1) is 20.7. The summed E-state index contributed by atoms with van der Waals surface area (Å²) in [5.74, 6) is -0.851. The molecule has 2 aromatic rings. The van der Waals surface area contributed by atoms with Gasteiger partial charge in [-0.05, 0) is 37.6 Å². The third-order valence-corrected chi connectivity index (χ3v) is 5.03. The van der Waals surface area contributed by atoms with E-state index in [-0.39, 0.29) is 0 Å². The van der Waals surface area contributed by atoms with Crippen molar-refractivity contribution in [3.05, 3.63) is 71.8 Å². The lowest BCUT2D eigenvalue weighted by Crippen LogP contribution is -2.55. The van der Waals surface area contributed by atoms with Crippen LogP contribution in [0.1, 0.15) is 61.8 Å². The number of ether oxygens (including phenoxy) is 2. The molecule has 0 heterocycles. The number of rotatable bonds is 6. The minimum Gasteiger partial charge on any atom is -0.455 e. The van der Waals surface area contributed by atoms with E-state index < -0.39 is 29.1 Å². The zero-order chi connectivity index (χ0) is 20.1.